The Morgan fingerprint density at radius 2 is 0.731 bits per heavy atom. The summed E-state index contributed by atoms with van der Waals surface area (Å²) in [4.78, 5) is 9.15. The van der Waals surface area contributed by atoms with Crippen molar-refractivity contribution in [1.82, 2.24) is 0 Å². The van der Waals surface area contributed by atoms with E-state index in [0.717, 1.165) is 11.4 Å². The van der Waals surface area contributed by atoms with E-state index in [1.54, 1.807) is 0 Å². The number of hydrogen-bond acceptors (Lipinski definition) is 2. The van der Waals surface area contributed by atoms with Gasteiger partial charge in [-0.05, 0) is 149 Å². The van der Waals surface area contributed by atoms with Gasteiger partial charge in [0.05, 0.1) is 0 Å². The predicted molar refractivity (Wildman–Crippen MR) is 290 cm³/mol. The third-order valence-electron chi connectivity index (χ3n) is 14.1. The molecule has 0 radical (unpaired) electrons. The lowest BCUT2D eigenvalue weighted by atomic mass is 9.33. The normalized spacial score (nSPS) is 13.4. The molecule has 0 amide bonds. The highest BCUT2D eigenvalue weighted by Crippen LogP contribution is 2.67. The van der Waals surface area contributed by atoms with Crippen LogP contribution in [0.5, 0.6) is 0 Å². The highest BCUT2D eigenvalue weighted by atomic mass is 32.3. The van der Waals surface area contributed by atoms with Gasteiger partial charge in [0.15, 0.2) is 0 Å². The van der Waals surface area contributed by atoms with Gasteiger partial charge in [-0.3, -0.25) is 0 Å². The maximum absolute atomic E-state index is 2.59. The van der Waals surface area contributed by atoms with Crippen LogP contribution in [0.3, 0.4) is 0 Å². The fourth-order valence-electron chi connectivity index (χ4n) is 10.4. The average molecular weight is 885 g/mol. The molecule has 0 aromatic heterocycles. The SMILES string of the molecule is CC(C)(C)c1ccc(N2c3ccc(C(C)(C)C)cc3B3c4cc(-c5ccccc5)ccc4N(c4ccc(-c5ccccc5)cc4)c4cc(S(C)(c5ccccc5)c5ccccc5)cc2c43)cc1. The van der Waals surface area contributed by atoms with Crippen LogP contribution in [0.25, 0.3) is 22.3 Å². The zero-order chi connectivity index (χ0) is 46.1. The highest BCUT2D eigenvalue weighted by molar-refractivity contribution is 8.33. The van der Waals surface area contributed by atoms with E-state index >= 15 is 0 Å². The third-order valence-corrected chi connectivity index (χ3v) is 17.7. The number of nitrogens with zero attached hydrogens (tertiary/aromatic N) is 2. The molecule has 2 nitrogen and oxygen atoms in total. The van der Waals surface area contributed by atoms with Gasteiger partial charge in [-0.1, -0.05) is 187 Å². The van der Waals surface area contributed by atoms with Crippen molar-refractivity contribution in [3.63, 3.8) is 0 Å². The van der Waals surface area contributed by atoms with Gasteiger partial charge in [0.2, 0.25) is 0 Å². The molecular weight excluding hydrogens is 828 g/mol. The number of benzene rings is 9. The largest absolute Gasteiger partial charge is 0.311 e. The Morgan fingerprint density at radius 3 is 1.22 bits per heavy atom. The molecule has 11 rings (SSSR count). The molecule has 2 heterocycles. The number of hydrogen-bond donors (Lipinski definition) is 0. The molecule has 0 N–H and O–H groups in total. The lowest BCUT2D eigenvalue weighted by Gasteiger charge is -2.46. The van der Waals surface area contributed by atoms with E-state index in [1.165, 1.54) is 87.2 Å². The summed E-state index contributed by atoms with van der Waals surface area (Å²) in [5.74, 6) is 0. The van der Waals surface area contributed by atoms with Crippen LogP contribution in [0, 0.1) is 0 Å². The van der Waals surface area contributed by atoms with Crippen molar-refractivity contribution in [2.45, 2.75) is 67.1 Å². The summed E-state index contributed by atoms with van der Waals surface area (Å²) < 4.78 is 0. The second kappa shape index (κ2) is 16.4. The quantitative estimate of drug-likeness (QED) is 0.147. The molecule has 0 spiro atoms. The van der Waals surface area contributed by atoms with E-state index < -0.39 is 10.0 Å². The molecule has 4 heteroatoms. The van der Waals surface area contributed by atoms with E-state index in [2.05, 4.69) is 276 Å². The van der Waals surface area contributed by atoms with Crippen LogP contribution in [0.2, 0.25) is 0 Å². The maximum Gasteiger partial charge on any atom is 0.252 e. The Bertz CT molecular complexity index is 3210. The molecule has 0 unspecified atom stereocenters. The van der Waals surface area contributed by atoms with Crippen LogP contribution in [0.4, 0.5) is 34.1 Å². The van der Waals surface area contributed by atoms with Crippen molar-refractivity contribution in [2.24, 2.45) is 0 Å². The van der Waals surface area contributed by atoms with E-state index in [-0.39, 0.29) is 17.5 Å². The van der Waals surface area contributed by atoms with E-state index in [9.17, 15) is 0 Å². The molecule has 2 aliphatic heterocycles. The summed E-state index contributed by atoms with van der Waals surface area (Å²) in [5.41, 5.74) is 18.6. The van der Waals surface area contributed by atoms with Gasteiger partial charge < -0.3 is 9.80 Å². The summed E-state index contributed by atoms with van der Waals surface area (Å²) in [7, 11) is -1.79. The van der Waals surface area contributed by atoms with Crippen LogP contribution in [-0.2, 0) is 10.8 Å². The third kappa shape index (κ3) is 7.39. The van der Waals surface area contributed by atoms with Gasteiger partial charge in [0, 0.05) is 39.0 Å². The average Bonchev–Trinajstić information content (AvgIpc) is 3.36. The second-order valence-electron chi connectivity index (χ2n) is 20.4. The summed E-state index contributed by atoms with van der Waals surface area (Å²) in [5, 5.41) is 0. The maximum atomic E-state index is 2.59. The van der Waals surface area contributed by atoms with Crippen LogP contribution in [-0.4, -0.2) is 13.0 Å². The van der Waals surface area contributed by atoms with Gasteiger partial charge in [-0.25, -0.2) is 0 Å². The summed E-state index contributed by atoms with van der Waals surface area (Å²) in [6, 6.07) is 82.4. The fourth-order valence-corrected chi connectivity index (χ4v) is 13.3. The predicted octanol–water partition coefficient (Wildman–Crippen LogP) is 15.6. The molecule has 0 saturated carbocycles. The van der Waals surface area contributed by atoms with E-state index in [4.69, 9.17) is 0 Å². The molecule has 2 aliphatic rings. The molecule has 0 fully saturated rings. The summed E-state index contributed by atoms with van der Waals surface area (Å²) in [6.45, 7) is 13.9. The molecular formula is C63H57BN2S. The molecule has 0 bridgehead atoms. The molecule has 328 valence electrons. The fraction of sp³-hybridized carbons (Fsp3) is 0.143. The molecule has 67 heavy (non-hydrogen) atoms. The molecule has 9 aromatic carbocycles. The molecule has 0 saturated heterocycles. The minimum absolute atomic E-state index is 0.0252. The number of anilines is 6. The highest BCUT2D eigenvalue weighted by Gasteiger charge is 2.45. The van der Waals surface area contributed by atoms with E-state index in [1.807, 2.05) is 0 Å². The van der Waals surface area contributed by atoms with Crippen LogP contribution in [0.1, 0.15) is 52.7 Å². The van der Waals surface area contributed by atoms with Crippen LogP contribution < -0.4 is 26.2 Å². The minimum atomic E-state index is -1.79. The first-order chi connectivity index (χ1) is 32.4. The lowest BCUT2D eigenvalue weighted by Crippen LogP contribution is -2.61. The number of rotatable bonds is 7. The van der Waals surface area contributed by atoms with Crippen molar-refractivity contribution in [1.29, 1.82) is 0 Å². The van der Waals surface area contributed by atoms with Crippen molar-refractivity contribution in [3.8, 4) is 22.3 Å². The van der Waals surface area contributed by atoms with Crippen LogP contribution in [0.15, 0.2) is 233 Å². The van der Waals surface area contributed by atoms with E-state index in [0.29, 0.717) is 0 Å². The van der Waals surface area contributed by atoms with Gasteiger partial charge in [0.25, 0.3) is 6.71 Å². The zero-order valence-corrected chi connectivity index (χ0v) is 40.5. The standard InChI is InChI=1S/C63H57BN2S/c1-62(2,3)48-31-36-51(37-32-48)66-58-39-33-49(63(4,5)6)41-56(58)64-55-40-47(45-22-14-9-15-23-45)30-38-57(55)65(50-34-28-46(29-35-50)44-20-12-8-13-21-44)59-42-54(43-60(66)61(59)64)67(7,52-24-16-10-17-25-52)53-26-18-11-19-27-53/h8-43H,1-7H3. The van der Waals surface area contributed by atoms with Gasteiger partial charge in [0.1, 0.15) is 0 Å². The first-order valence-electron chi connectivity index (χ1n) is 23.6. The second-order valence-corrected chi connectivity index (χ2v) is 23.6. The smallest absolute Gasteiger partial charge is 0.252 e. The Hall–Kier alpha value is -7.01. The van der Waals surface area contributed by atoms with Crippen molar-refractivity contribution < 1.29 is 0 Å². The lowest BCUT2D eigenvalue weighted by molar-refractivity contribution is 0.590. The number of fused-ring (bicyclic) bond motifs is 4. The van der Waals surface area contributed by atoms with Crippen molar-refractivity contribution >= 4 is 67.3 Å². The molecule has 0 aliphatic carbocycles. The topological polar surface area (TPSA) is 6.48 Å². The molecule has 9 aromatic rings. The van der Waals surface area contributed by atoms with Gasteiger partial charge in [-0.15, -0.1) is 0 Å². The Kier molecular flexibility index (Phi) is 10.4. The Morgan fingerprint density at radius 1 is 0.343 bits per heavy atom. The molecule has 0 atom stereocenters. The minimum Gasteiger partial charge on any atom is -0.311 e. The van der Waals surface area contributed by atoms with Crippen LogP contribution >= 0.6 is 10.0 Å². The van der Waals surface area contributed by atoms with Gasteiger partial charge >= 0.3 is 0 Å². The summed E-state index contributed by atoms with van der Waals surface area (Å²) in [6.07, 6.45) is 2.50. The van der Waals surface area contributed by atoms with Crippen molar-refractivity contribution in [3.05, 3.63) is 230 Å². The Labute approximate surface area is 400 Å². The zero-order valence-electron chi connectivity index (χ0n) is 39.7. The van der Waals surface area contributed by atoms with Gasteiger partial charge in [-0.2, -0.15) is 10.0 Å². The summed E-state index contributed by atoms with van der Waals surface area (Å²) >= 11 is 0. The Balaban J connectivity index is 1.26. The van der Waals surface area contributed by atoms with Crippen molar-refractivity contribution in [2.75, 3.05) is 16.1 Å². The first-order valence-corrected chi connectivity index (χ1v) is 25.7. The first kappa shape index (κ1) is 42.6. The monoisotopic (exact) mass is 884 g/mol.